The van der Waals surface area contributed by atoms with Crippen LogP contribution in [0.25, 0.3) is 0 Å². The average Bonchev–Trinajstić information content (AvgIpc) is 3.08. The summed E-state index contributed by atoms with van der Waals surface area (Å²) in [5.74, 6) is 0.336. The third-order valence-electron chi connectivity index (χ3n) is 3.49. The Morgan fingerprint density at radius 1 is 1.35 bits per heavy atom. The van der Waals surface area contributed by atoms with Gasteiger partial charge in [0.15, 0.2) is 5.13 Å². The number of benzene rings is 1. The van der Waals surface area contributed by atoms with E-state index in [9.17, 15) is 4.79 Å². The Balaban J connectivity index is 1.76. The molecule has 2 aromatic heterocycles. The number of rotatable bonds is 5. The summed E-state index contributed by atoms with van der Waals surface area (Å²) < 4.78 is 0.822. The zero-order chi connectivity index (χ0) is 18.7. The summed E-state index contributed by atoms with van der Waals surface area (Å²) in [6, 6.07) is 7.27. The highest BCUT2D eigenvalue weighted by atomic mass is 79.9. The van der Waals surface area contributed by atoms with E-state index in [1.165, 1.54) is 17.5 Å². The first-order valence-electron chi connectivity index (χ1n) is 7.61. The summed E-state index contributed by atoms with van der Waals surface area (Å²) in [5, 5.41) is 6.91. The molecule has 4 N–H and O–H groups in total. The predicted octanol–water partition coefficient (Wildman–Crippen LogP) is 4.72. The highest BCUT2D eigenvalue weighted by molar-refractivity contribution is 9.10. The molecule has 0 aliphatic rings. The number of carbonyl (C=O) groups excluding carboxylic acids is 1. The quantitative estimate of drug-likeness (QED) is 0.521. The third-order valence-corrected chi connectivity index (χ3v) is 5.32. The number of halogens is 2. The van der Waals surface area contributed by atoms with Gasteiger partial charge in [-0.25, -0.2) is 9.97 Å². The van der Waals surface area contributed by atoms with Gasteiger partial charge >= 0.3 is 0 Å². The lowest BCUT2D eigenvalue weighted by Gasteiger charge is -2.10. The number of aromatic nitrogens is 2. The number of hydrogen-bond donors (Lipinski definition) is 3. The number of aryl methyl sites for hydroxylation is 1. The van der Waals surface area contributed by atoms with Crippen LogP contribution < -0.4 is 16.4 Å². The molecule has 6 nitrogen and oxygen atoms in total. The topological polar surface area (TPSA) is 92.9 Å². The van der Waals surface area contributed by atoms with Crippen molar-refractivity contribution in [2.24, 2.45) is 5.73 Å². The van der Waals surface area contributed by atoms with Gasteiger partial charge in [-0.15, -0.1) is 0 Å². The van der Waals surface area contributed by atoms with Gasteiger partial charge in [0.2, 0.25) is 0 Å². The second-order valence-electron chi connectivity index (χ2n) is 5.43. The van der Waals surface area contributed by atoms with Gasteiger partial charge in [-0.3, -0.25) is 4.79 Å². The molecule has 2 heterocycles. The van der Waals surface area contributed by atoms with Crippen molar-refractivity contribution in [2.45, 2.75) is 13.5 Å². The van der Waals surface area contributed by atoms with E-state index >= 15 is 0 Å². The van der Waals surface area contributed by atoms with Gasteiger partial charge in [0, 0.05) is 12.7 Å². The van der Waals surface area contributed by atoms with Crippen LogP contribution in [0.15, 0.2) is 41.1 Å². The molecule has 0 unspecified atom stereocenters. The van der Waals surface area contributed by atoms with Crippen LogP contribution in [0.1, 0.15) is 20.8 Å². The van der Waals surface area contributed by atoms with E-state index in [0.717, 1.165) is 15.6 Å². The van der Waals surface area contributed by atoms with Crippen molar-refractivity contribution in [1.82, 2.24) is 9.97 Å². The molecule has 0 bridgehead atoms. The van der Waals surface area contributed by atoms with Gasteiger partial charge in [-0.2, -0.15) is 0 Å². The maximum absolute atomic E-state index is 12.5. The molecule has 9 heteroatoms. The second kappa shape index (κ2) is 8.13. The molecule has 1 aromatic carbocycles. The lowest BCUT2D eigenvalue weighted by atomic mass is 10.1. The summed E-state index contributed by atoms with van der Waals surface area (Å²) in [6.45, 7) is 2.23. The maximum Gasteiger partial charge on any atom is 0.267 e. The number of para-hydroxylation sites is 1. The highest BCUT2D eigenvalue weighted by Crippen LogP contribution is 2.29. The van der Waals surface area contributed by atoms with E-state index in [2.05, 4.69) is 36.5 Å². The number of nitrogens with two attached hydrogens (primary N) is 1. The standard InChI is InChI=1S/C17H15BrClN5OS/c1-9-5-11(18)15(21-7-9)24-17-22-8-13(26-17)16(25)23-14-10(6-20)3-2-4-12(14)19/h2-5,7-8H,6,20H2,1H3,(H,23,25)(H,21,22,24). The van der Waals surface area contributed by atoms with Crippen LogP contribution in [0.4, 0.5) is 16.6 Å². The molecule has 0 saturated carbocycles. The Morgan fingerprint density at radius 2 is 2.15 bits per heavy atom. The minimum atomic E-state index is -0.297. The molecule has 0 saturated heterocycles. The Bertz CT molecular complexity index is 962. The van der Waals surface area contributed by atoms with Crippen LogP contribution in [-0.4, -0.2) is 15.9 Å². The first-order chi connectivity index (χ1) is 12.5. The molecule has 3 rings (SSSR count). The Morgan fingerprint density at radius 3 is 2.88 bits per heavy atom. The molecule has 0 fully saturated rings. The van der Waals surface area contributed by atoms with E-state index in [-0.39, 0.29) is 12.5 Å². The van der Waals surface area contributed by atoms with Crippen molar-refractivity contribution in [3.63, 3.8) is 0 Å². The van der Waals surface area contributed by atoms with E-state index < -0.39 is 0 Å². The molecule has 0 aliphatic heterocycles. The molecule has 0 spiro atoms. The van der Waals surface area contributed by atoms with Crippen LogP contribution in [0.2, 0.25) is 5.02 Å². The molecule has 0 aliphatic carbocycles. The van der Waals surface area contributed by atoms with Gasteiger partial charge in [-0.1, -0.05) is 35.1 Å². The van der Waals surface area contributed by atoms with E-state index in [1.54, 1.807) is 18.3 Å². The zero-order valence-electron chi connectivity index (χ0n) is 13.7. The second-order valence-corrected chi connectivity index (χ2v) is 7.72. The summed E-state index contributed by atoms with van der Waals surface area (Å²) in [6.07, 6.45) is 3.25. The fourth-order valence-electron chi connectivity index (χ4n) is 2.22. The van der Waals surface area contributed by atoms with Crippen molar-refractivity contribution >= 4 is 61.4 Å². The molecule has 3 aromatic rings. The van der Waals surface area contributed by atoms with Gasteiger partial charge in [0.1, 0.15) is 10.7 Å². The van der Waals surface area contributed by atoms with Crippen LogP contribution in [0, 0.1) is 6.92 Å². The molecule has 1 amide bonds. The number of nitrogens with zero attached hydrogens (tertiary/aromatic N) is 2. The third kappa shape index (κ3) is 4.21. The first-order valence-corrected chi connectivity index (χ1v) is 9.60. The molecular formula is C17H15BrClN5OS. The number of amides is 1. The summed E-state index contributed by atoms with van der Waals surface area (Å²) in [4.78, 5) is 21.5. The smallest absolute Gasteiger partial charge is 0.267 e. The number of anilines is 3. The summed E-state index contributed by atoms with van der Waals surface area (Å²) in [5.41, 5.74) is 8.03. The van der Waals surface area contributed by atoms with Crippen molar-refractivity contribution in [3.8, 4) is 0 Å². The molecule has 26 heavy (non-hydrogen) atoms. The number of carbonyl (C=O) groups is 1. The number of nitrogens with one attached hydrogen (secondary N) is 2. The summed E-state index contributed by atoms with van der Waals surface area (Å²) >= 11 is 10.8. The Kier molecular flexibility index (Phi) is 5.87. The lowest BCUT2D eigenvalue weighted by Crippen LogP contribution is -2.13. The summed E-state index contributed by atoms with van der Waals surface area (Å²) in [7, 11) is 0. The van der Waals surface area contributed by atoms with Gasteiger partial charge in [-0.05, 0) is 46.1 Å². The normalized spacial score (nSPS) is 10.6. The molecule has 134 valence electrons. The number of pyridine rings is 1. The van der Waals surface area contributed by atoms with E-state index in [1.807, 2.05) is 19.1 Å². The first kappa shape index (κ1) is 18.8. The monoisotopic (exact) mass is 451 g/mol. The van der Waals surface area contributed by atoms with Crippen molar-refractivity contribution in [3.05, 3.63) is 62.2 Å². The van der Waals surface area contributed by atoms with Crippen LogP contribution in [-0.2, 0) is 6.54 Å². The van der Waals surface area contributed by atoms with Gasteiger partial charge < -0.3 is 16.4 Å². The Labute approximate surface area is 167 Å². The Hall–Kier alpha value is -2.00. The van der Waals surface area contributed by atoms with E-state index in [4.69, 9.17) is 17.3 Å². The van der Waals surface area contributed by atoms with Crippen LogP contribution in [0.3, 0.4) is 0 Å². The molecule has 0 radical (unpaired) electrons. The fourth-order valence-corrected chi connectivity index (χ4v) is 3.73. The van der Waals surface area contributed by atoms with Gasteiger partial charge in [0.05, 0.1) is 21.4 Å². The average molecular weight is 453 g/mol. The van der Waals surface area contributed by atoms with Crippen molar-refractivity contribution in [2.75, 3.05) is 10.6 Å². The van der Waals surface area contributed by atoms with E-state index in [0.29, 0.717) is 26.5 Å². The van der Waals surface area contributed by atoms with Crippen molar-refractivity contribution in [1.29, 1.82) is 0 Å². The highest BCUT2D eigenvalue weighted by Gasteiger charge is 2.15. The maximum atomic E-state index is 12.5. The lowest BCUT2D eigenvalue weighted by molar-refractivity contribution is 0.103. The van der Waals surface area contributed by atoms with Gasteiger partial charge in [0.25, 0.3) is 5.91 Å². The van der Waals surface area contributed by atoms with Crippen molar-refractivity contribution < 1.29 is 4.79 Å². The molecular weight excluding hydrogens is 438 g/mol. The SMILES string of the molecule is Cc1cnc(Nc2ncc(C(=O)Nc3c(Cl)cccc3CN)s2)c(Br)c1. The van der Waals surface area contributed by atoms with Crippen LogP contribution >= 0.6 is 38.9 Å². The molecule has 0 atom stereocenters. The zero-order valence-corrected chi connectivity index (χ0v) is 16.9. The minimum absolute atomic E-state index is 0.277. The van der Waals surface area contributed by atoms with Crippen LogP contribution in [0.5, 0.6) is 0 Å². The fraction of sp³-hybridized carbons (Fsp3) is 0.118. The number of thiazole rings is 1. The minimum Gasteiger partial charge on any atom is -0.326 e. The predicted molar refractivity (Wildman–Crippen MR) is 109 cm³/mol. The number of hydrogen-bond acceptors (Lipinski definition) is 6. The largest absolute Gasteiger partial charge is 0.326 e.